The SMILES string of the molecule is CC(N)c1nnc(NCC2CCOCC2)o1. The molecule has 1 aromatic rings. The zero-order valence-electron chi connectivity index (χ0n) is 9.48. The molecule has 3 N–H and O–H groups in total. The molecule has 0 amide bonds. The summed E-state index contributed by atoms with van der Waals surface area (Å²) in [5, 5.41) is 10.9. The third kappa shape index (κ3) is 2.93. The number of nitrogens with zero attached hydrogens (tertiary/aromatic N) is 2. The Kier molecular flexibility index (Phi) is 3.74. The summed E-state index contributed by atoms with van der Waals surface area (Å²) in [5.41, 5.74) is 5.63. The quantitative estimate of drug-likeness (QED) is 0.794. The lowest BCUT2D eigenvalue weighted by molar-refractivity contribution is 0.0698. The van der Waals surface area contributed by atoms with Crippen LogP contribution >= 0.6 is 0 Å². The van der Waals surface area contributed by atoms with Crippen molar-refractivity contribution in [3.63, 3.8) is 0 Å². The zero-order valence-corrected chi connectivity index (χ0v) is 9.48. The van der Waals surface area contributed by atoms with E-state index < -0.39 is 0 Å². The maximum absolute atomic E-state index is 5.63. The zero-order chi connectivity index (χ0) is 11.4. The van der Waals surface area contributed by atoms with Crippen molar-refractivity contribution in [3.05, 3.63) is 5.89 Å². The Labute approximate surface area is 94.6 Å². The van der Waals surface area contributed by atoms with Gasteiger partial charge in [-0.1, -0.05) is 5.10 Å². The fourth-order valence-corrected chi connectivity index (χ4v) is 1.67. The molecule has 90 valence electrons. The molecule has 1 saturated heterocycles. The molecule has 2 rings (SSSR count). The summed E-state index contributed by atoms with van der Waals surface area (Å²) in [6.45, 7) is 4.36. The van der Waals surface area contributed by atoms with Crippen LogP contribution in [0.15, 0.2) is 4.42 Å². The van der Waals surface area contributed by atoms with Gasteiger partial charge in [-0.15, -0.1) is 5.10 Å². The van der Waals surface area contributed by atoms with Crippen molar-refractivity contribution in [2.75, 3.05) is 25.1 Å². The predicted molar refractivity (Wildman–Crippen MR) is 58.9 cm³/mol. The Morgan fingerprint density at radius 1 is 1.44 bits per heavy atom. The van der Waals surface area contributed by atoms with Crippen LogP contribution in [0.5, 0.6) is 0 Å². The molecule has 1 aliphatic heterocycles. The maximum atomic E-state index is 5.63. The Bertz CT molecular complexity index is 320. The molecule has 2 heterocycles. The molecule has 0 radical (unpaired) electrons. The minimum atomic E-state index is -0.217. The molecule has 1 aliphatic rings. The molecule has 0 aromatic carbocycles. The van der Waals surface area contributed by atoms with Crippen LogP contribution in [-0.4, -0.2) is 30.0 Å². The molecule has 6 heteroatoms. The number of aromatic nitrogens is 2. The molecule has 1 unspecified atom stereocenters. The Morgan fingerprint density at radius 2 is 2.19 bits per heavy atom. The summed E-state index contributed by atoms with van der Waals surface area (Å²) in [5.74, 6) is 1.09. The van der Waals surface area contributed by atoms with E-state index in [2.05, 4.69) is 15.5 Å². The van der Waals surface area contributed by atoms with Crippen LogP contribution in [0.25, 0.3) is 0 Å². The number of hydrogen-bond acceptors (Lipinski definition) is 6. The number of ether oxygens (including phenoxy) is 1. The van der Waals surface area contributed by atoms with E-state index in [0.717, 1.165) is 32.6 Å². The predicted octanol–water partition coefficient (Wildman–Crippen LogP) is 0.928. The van der Waals surface area contributed by atoms with Gasteiger partial charge in [0.05, 0.1) is 6.04 Å². The first-order valence-electron chi connectivity index (χ1n) is 5.66. The monoisotopic (exact) mass is 226 g/mol. The highest BCUT2D eigenvalue weighted by molar-refractivity contribution is 5.17. The lowest BCUT2D eigenvalue weighted by Crippen LogP contribution is -2.22. The average Bonchev–Trinajstić information content (AvgIpc) is 2.76. The van der Waals surface area contributed by atoms with Crippen molar-refractivity contribution in [1.82, 2.24) is 10.2 Å². The minimum Gasteiger partial charge on any atom is -0.406 e. The van der Waals surface area contributed by atoms with Crippen LogP contribution in [0.2, 0.25) is 0 Å². The van der Waals surface area contributed by atoms with Crippen molar-refractivity contribution >= 4 is 6.01 Å². The summed E-state index contributed by atoms with van der Waals surface area (Å²) in [7, 11) is 0. The number of anilines is 1. The summed E-state index contributed by atoms with van der Waals surface area (Å²) in [6.07, 6.45) is 2.17. The van der Waals surface area contributed by atoms with Gasteiger partial charge in [0.1, 0.15) is 0 Å². The summed E-state index contributed by atoms with van der Waals surface area (Å²) >= 11 is 0. The fraction of sp³-hybridized carbons (Fsp3) is 0.800. The van der Waals surface area contributed by atoms with Crippen molar-refractivity contribution < 1.29 is 9.15 Å². The highest BCUT2D eigenvalue weighted by atomic mass is 16.5. The molecule has 0 aliphatic carbocycles. The van der Waals surface area contributed by atoms with Gasteiger partial charge in [0.15, 0.2) is 0 Å². The summed E-state index contributed by atoms with van der Waals surface area (Å²) in [6, 6.07) is 0.241. The maximum Gasteiger partial charge on any atom is 0.315 e. The summed E-state index contributed by atoms with van der Waals surface area (Å²) in [4.78, 5) is 0. The largest absolute Gasteiger partial charge is 0.406 e. The molecule has 1 aromatic heterocycles. The van der Waals surface area contributed by atoms with Crippen LogP contribution < -0.4 is 11.1 Å². The van der Waals surface area contributed by atoms with E-state index in [-0.39, 0.29) is 6.04 Å². The molecule has 0 bridgehead atoms. The smallest absolute Gasteiger partial charge is 0.315 e. The number of rotatable bonds is 4. The molecule has 1 atom stereocenters. The lowest BCUT2D eigenvalue weighted by atomic mass is 10.0. The fourth-order valence-electron chi connectivity index (χ4n) is 1.67. The van der Waals surface area contributed by atoms with E-state index in [9.17, 15) is 0 Å². The van der Waals surface area contributed by atoms with Crippen LogP contribution in [0, 0.1) is 5.92 Å². The number of hydrogen-bond donors (Lipinski definition) is 2. The van der Waals surface area contributed by atoms with E-state index in [1.807, 2.05) is 6.92 Å². The van der Waals surface area contributed by atoms with E-state index in [4.69, 9.17) is 14.9 Å². The van der Waals surface area contributed by atoms with Gasteiger partial charge in [-0.2, -0.15) is 0 Å². The second kappa shape index (κ2) is 5.27. The second-order valence-corrected chi connectivity index (χ2v) is 4.17. The van der Waals surface area contributed by atoms with Gasteiger partial charge < -0.3 is 20.2 Å². The number of nitrogens with two attached hydrogens (primary N) is 1. The normalized spacial score (nSPS) is 19.6. The third-order valence-corrected chi connectivity index (χ3v) is 2.71. The van der Waals surface area contributed by atoms with Gasteiger partial charge >= 0.3 is 6.01 Å². The first-order valence-corrected chi connectivity index (χ1v) is 5.66. The molecular weight excluding hydrogens is 208 g/mol. The van der Waals surface area contributed by atoms with E-state index >= 15 is 0 Å². The molecule has 0 saturated carbocycles. The first-order chi connectivity index (χ1) is 7.75. The van der Waals surface area contributed by atoms with Crippen molar-refractivity contribution in [2.45, 2.75) is 25.8 Å². The highest BCUT2D eigenvalue weighted by Gasteiger charge is 2.15. The van der Waals surface area contributed by atoms with Crippen LogP contribution in [-0.2, 0) is 4.74 Å². The molecule has 16 heavy (non-hydrogen) atoms. The highest BCUT2D eigenvalue weighted by Crippen LogP contribution is 2.16. The van der Waals surface area contributed by atoms with Crippen LogP contribution in [0.4, 0.5) is 6.01 Å². The Balaban J connectivity index is 1.79. The topological polar surface area (TPSA) is 86.2 Å². The molecule has 6 nitrogen and oxygen atoms in total. The Hall–Kier alpha value is -1.14. The van der Waals surface area contributed by atoms with Crippen molar-refractivity contribution in [2.24, 2.45) is 11.7 Å². The van der Waals surface area contributed by atoms with E-state index in [1.165, 1.54) is 0 Å². The molecule has 1 fully saturated rings. The lowest BCUT2D eigenvalue weighted by Gasteiger charge is -2.21. The third-order valence-electron chi connectivity index (χ3n) is 2.71. The van der Waals surface area contributed by atoms with E-state index in [0.29, 0.717) is 17.8 Å². The first kappa shape index (κ1) is 11.3. The van der Waals surface area contributed by atoms with Gasteiger partial charge in [-0.05, 0) is 25.7 Å². The molecule has 0 spiro atoms. The van der Waals surface area contributed by atoms with Gasteiger partial charge in [-0.3, -0.25) is 0 Å². The number of nitrogens with one attached hydrogen (secondary N) is 1. The van der Waals surface area contributed by atoms with E-state index in [1.54, 1.807) is 0 Å². The van der Waals surface area contributed by atoms with Crippen LogP contribution in [0.1, 0.15) is 31.7 Å². The van der Waals surface area contributed by atoms with Crippen LogP contribution in [0.3, 0.4) is 0 Å². The molecular formula is C10H18N4O2. The summed E-state index contributed by atoms with van der Waals surface area (Å²) < 4.78 is 10.6. The average molecular weight is 226 g/mol. The van der Waals surface area contributed by atoms with Crippen molar-refractivity contribution in [1.29, 1.82) is 0 Å². The van der Waals surface area contributed by atoms with Gasteiger partial charge in [0.25, 0.3) is 0 Å². The Morgan fingerprint density at radius 3 is 2.81 bits per heavy atom. The van der Waals surface area contributed by atoms with Gasteiger partial charge in [-0.25, -0.2) is 0 Å². The van der Waals surface area contributed by atoms with Gasteiger partial charge in [0, 0.05) is 19.8 Å². The minimum absolute atomic E-state index is 0.217. The van der Waals surface area contributed by atoms with Crippen molar-refractivity contribution in [3.8, 4) is 0 Å². The second-order valence-electron chi connectivity index (χ2n) is 4.17. The van der Waals surface area contributed by atoms with Gasteiger partial charge in [0.2, 0.25) is 5.89 Å². The standard InChI is InChI=1S/C10H18N4O2/c1-7(11)9-13-14-10(16-9)12-6-8-2-4-15-5-3-8/h7-8H,2-6,11H2,1H3,(H,12,14).